The van der Waals surface area contributed by atoms with Gasteiger partial charge in [-0.3, -0.25) is 9.59 Å². The lowest BCUT2D eigenvalue weighted by molar-refractivity contribution is -0.138. The van der Waals surface area contributed by atoms with E-state index < -0.39 is 5.97 Å². The van der Waals surface area contributed by atoms with E-state index in [-0.39, 0.29) is 25.4 Å². The van der Waals surface area contributed by atoms with Gasteiger partial charge in [0.15, 0.2) is 0 Å². The molecule has 1 aromatic carbocycles. The Kier molecular flexibility index (Phi) is 5.41. The van der Waals surface area contributed by atoms with Gasteiger partial charge in [-0.15, -0.1) is 5.10 Å². The number of carbonyl (C=O) groups excluding carboxylic acids is 1. The van der Waals surface area contributed by atoms with E-state index in [1.165, 1.54) is 11.0 Å². The number of hydrogen-bond acceptors (Lipinski definition) is 6. The van der Waals surface area contributed by atoms with Gasteiger partial charge < -0.3 is 15.2 Å². The first-order valence-electron chi connectivity index (χ1n) is 6.60. The molecule has 0 aliphatic rings. The first-order chi connectivity index (χ1) is 10.6. The second-order valence-corrected chi connectivity index (χ2v) is 4.34. The first kappa shape index (κ1) is 15.4. The van der Waals surface area contributed by atoms with Gasteiger partial charge in [-0.2, -0.15) is 0 Å². The minimum absolute atomic E-state index is 0.0376. The highest BCUT2D eigenvalue weighted by atomic mass is 16.5. The summed E-state index contributed by atoms with van der Waals surface area (Å²) < 4.78 is 7.01. The molecular weight excluding hydrogens is 290 g/mol. The summed E-state index contributed by atoms with van der Waals surface area (Å²) in [6.45, 7) is 0.575. The van der Waals surface area contributed by atoms with Crippen LogP contribution in [0, 0.1) is 0 Å². The summed E-state index contributed by atoms with van der Waals surface area (Å²) in [6, 6.07) is 7.18. The number of ether oxygens (including phenoxy) is 1. The Bertz CT molecular complexity index is 629. The number of carboxylic acids is 1. The van der Waals surface area contributed by atoms with E-state index in [9.17, 15) is 9.59 Å². The second-order valence-electron chi connectivity index (χ2n) is 4.34. The molecule has 9 heteroatoms. The third-order valence-corrected chi connectivity index (χ3v) is 2.69. The number of rotatable bonds is 8. The molecule has 116 valence electrons. The summed E-state index contributed by atoms with van der Waals surface area (Å²) in [6.07, 6.45) is 1.26. The monoisotopic (exact) mass is 305 g/mol. The molecule has 0 bridgehead atoms. The van der Waals surface area contributed by atoms with Gasteiger partial charge in [0.05, 0.1) is 18.7 Å². The average Bonchev–Trinajstić information content (AvgIpc) is 3.04. The highest BCUT2D eigenvalue weighted by molar-refractivity contribution is 5.80. The minimum atomic E-state index is -0.995. The van der Waals surface area contributed by atoms with Crippen molar-refractivity contribution in [3.8, 4) is 11.4 Å². The van der Waals surface area contributed by atoms with Crippen LogP contribution in [0.5, 0.6) is 5.75 Å². The fourth-order valence-corrected chi connectivity index (χ4v) is 1.66. The molecular formula is C13H15N5O4. The Hall–Kier alpha value is -2.97. The van der Waals surface area contributed by atoms with Gasteiger partial charge in [-0.05, 0) is 22.6 Å². The van der Waals surface area contributed by atoms with Crippen LogP contribution in [0.15, 0.2) is 30.6 Å². The number of carbonyl (C=O) groups is 2. The Labute approximate surface area is 125 Å². The summed E-state index contributed by atoms with van der Waals surface area (Å²) in [4.78, 5) is 21.6. The number of nitrogens with one attached hydrogen (secondary N) is 1. The zero-order valence-electron chi connectivity index (χ0n) is 11.7. The largest absolute Gasteiger partial charge is 0.492 e. The molecule has 1 aromatic heterocycles. The number of carboxylic acid groups (broad SMARTS) is 1. The molecule has 0 atom stereocenters. The van der Waals surface area contributed by atoms with Crippen LogP contribution in [0.4, 0.5) is 0 Å². The highest BCUT2D eigenvalue weighted by Crippen LogP contribution is 2.15. The van der Waals surface area contributed by atoms with E-state index >= 15 is 0 Å². The van der Waals surface area contributed by atoms with Gasteiger partial charge in [0.25, 0.3) is 0 Å². The topological polar surface area (TPSA) is 119 Å². The fourth-order valence-electron chi connectivity index (χ4n) is 1.66. The van der Waals surface area contributed by atoms with Gasteiger partial charge in [-0.25, -0.2) is 4.68 Å². The van der Waals surface area contributed by atoms with Crippen molar-refractivity contribution < 1.29 is 19.4 Å². The number of benzene rings is 1. The van der Waals surface area contributed by atoms with Gasteiger partial charge >= 0.3 is 5.97 Å². The fraction of sp³-hybridized carbons (Fsp3) is 0.308. The SMILES string of the molecule is O=C(O)CCC(=O)NCCOc1cccc(-n2cnnn2)c1. The van der Waals surface area contributed by atoms with Crippen LogP contribution in [0.3, 0.4) is 0 Å². The molecule has 0 unspecified atom stereocenters. The number of hydrogen-bond donors (Lipinski definition) is 2. The second kappa shape index (κ2) is 7.72. The summed E-state index contributed by atoms with van der Waals surface area (Å²) in [5, 5.41) is 21.9. The Morgan fingerprint density at radius 3 is 2.91 bits per heavy atom. The first-order valence-corrected chi connectivity index (χ1v) is 6.60. The molecule has 0 fully saturated rings. The summed E-state index contributed by atoms with van der Waals surface area (Å²) in [5.41, 5.74) is 0.757. The molecule has 0 aliphatic heterocycles. The molecule has 2 rings (SSSR count). The van der Waals surface area contributed by atoms with Gasteiger partial charge in [0, 0.05) is 12.5 Å². The van der Waals surface area contributed by atoms with Crippen LogP contribution in [-0.4, -0.2) is 50.3 Å². The van der Waals surface area contributed by atoms with Crippen LogP contribution in [-0.2, 0) is 9.59 Å². The van der Waals surface area contributed by atoms with E-state index in [0.29, 0.717) is 12.3 Å². The third-order valence-electron chi connectivity index (χ3n) is 2.69. The van der Waals surface area contributed by atoms with Crippen LogP contribution in [0.25, 0.3) is 5.69 Å². The molecule has 9 nitrogen and oxygen atoms in total. The van der Waals surface area contributed by atoms with Crippen LogP contribution in [0.1, 0.15) is 12.8 Å². The van der Waals surface area contributed by atoms with Crippen molar-refractivity contribution in [1.29, 1.82) is 0 Å². The van der Waals surface area contributed by atoms with Crippen LogP contribution < -0.4 is 10.1 Å². The predicted octanol–water partition coefficient (Wildman–Crippen LogP) is 0.0221. The summed E-state index contributed by atoms with van der Waals surface area (Å²) in [7, 11) is 0. The predicted molar refractivity (Wildman–Crippen MR) is 74.5 cm³/mol. The molecule has 1 heterocycles. The molecule has 0 radical (unpaired) electrons. The van der Waals surface area contributed by atoms with E-state index in [1.54, 1.807) is 18.2 Å². The van der Waals surface area contributed by atoms with Gasteiger partial charge in [-0.1, -0.05) is 6.07 Å². The maximum Gasteiger partial charge on any atom is 0.303 e. The number of aliphatic carboxylic acids is 1. The number of nitrogens with zero attached hydrogens (tertiary/aromatic N) is 4. The van der Waals surface area contributed by atoms with Gasteiger partial charge in [0.1, 0.15) is 18.7 Å². The van der Waals surface area contributed by atoms with Crippen molar-refractivity contribution in [2.75, 3.05) is 13.2 Å². The Morgan fingerprint density at radius 2 is 2.18 bits per heavy atom. The molecule has 0 saturated carbocycles. The Balaban J connectivity index is 1.74. The van der Waals surface area contributed by atoms with E-state index in [0.717, 1.165) is 5.69 Å². The quantitative estimate of drug-likeness (QED) is 0.660. The van der Waals surface area contributed by atoms with Crippen molar-refractivity contribution in [2.45, 2.75) is 12.8 Å². The van der Waals surface area contributed by atoms with Crippen molar-refractivity contribution in [2.24, 2.45) is 0 Å². The highest BCUT2D eigenvalue weighted by Gasteiger charge is 2.05. The molecule has 2 N–H and O–H groups in total. The maximum atomic E-state index is 11.3. The van der Waals surface area contributed by atoms with Crippen molar-refractivity contribution >= 4 is 11.9 Å². The van der Waals surface area contributed by atoms with Crippen molar-refractivity contribution in [3.05, 3.63) is 30.6 Å². The molecule has 0 saturated heterocycles. The van der Waals surface area contributed by atoms with Crippen molar-refractivity contribution in [3.63, 3.8) is 0 Å². The lowest BCUT2D eigenvalue weighted by atomic mass is 10.3. The normalized spacial score (nSPS) is 10.2. The zero-order valence-corrected chi connectivity index (χ0v) is 11.7. The Morgan fingerprint density at radius 1 is 1.32 bits per heavy atom. The number of aromatic nitrogens is 4. The van der Waals surface area contributed by atoms with Crippen molar-refractivity contribution in [1.82, 2.24) is 25.5 Å². The summed E-state index contributed by atoms with van der Waals surface area (Å²) in [5.74, 6) is -0.688. The molecule has 0 aliphatic carbocycles. The van der Waals surface area contributed by atoms with Gasteiger partial charge in [0.2, 0.25) is 5.91 Å². The van der Waals surface area contributed by atoms with E-state index in [2.05, 4.69) is 20.8 Å². The smallest absolute Gasteiger partial charge is 0.303 e. The third kappa shape index (κ3) is 4.85. The minimum Gasteiger partial charge on any atom is -0.492 e. The van der Waals surface area contributed by atoms with Crippen LogP contribution >= 0.6 is 0 Å². The van der Waals surface area contributed by atoms with E-state index in [1.807, 2.05) is 6.07 Å². The van der Waals surface area contributed by atoms with Crippen LogP contribution in [0.2, 0.25) is 0 Å². The molecule has 2 aromatic rings. The average molecular weight is 305 g/mol. The summed E-state index contributed by atoms with van der Waals surface area (Å²) >= 11 is 0. The maximum absolute atomic E-state index is 11.3. The van der Waals surface area contributed by atoms with E-state index in [4.69, 9.17) is 9.84 Å². The number of tetrazole rings is 1. The zero-order chi connectivity index (χ0) is 15.8. The molecule has 0 spiro atoms. The molecule has 22 heavy (non-hydrogen) atoms. The lowest BCUT2D eigenvalue weighted by Crippen LogP contribution is -2.28. The lowest BCUT2D eigenvalue weighted by Gasteiger charge is -2.08. The molecule has 1 amide bonds. The standard InChI is InChI=1S/C13H15N5O4/c19-12(4-5-13(20)21)14-6-7-22-11-3-1-2-10(8-11)18-9-15-16-17-18/h1-3,8-9H,4-7H2,(H,14,19)(H,20,21). The number of amides is 1.